The predicted molar refractivity (Wildman–Crippen MR) is 52.8 cm³/mol. The monoisotopic (exact) mass is 202 g/mol. The first-order chi connectivity index (χ1) is 6.70. The summed E-state index contributed by atoms with van der Waals surface area (Å²) in [5.41, 5.74) is 0. The van der Waals surface area contributed by atoms with Gasteiger partial charge in [-0.25, -0.2) is 0 Å². The van der Waals surface area contributed by atoms with Crippen molar-refractivity contribution in [1.29, 1.82) is 0 Å². The van der Waals surface area contributed by atoms with Crippen LogP contribution in [0.2, 0.25) is 0 Å². The molecular weight excluding hydrogens is 184 g/mol. The summed E-state index contributed by atoms with van der Waals surface area (Å²) in [6.45, 7) is 2.91. The second kappa shape index (κ2) is 8.50. The average molecular weight is 202 g/mol. The third-order valence-electron chi connectivity index (χ3n) is 1.52. The van der Waals surface area contributed by atoms with Crippen molar-refractivity contribution >= 4 is 11.8 Å². The minimum atomic E-state index is -0.169. The fourth-order valence-corrected chi connectivity index (χ4v) is 0.901. The van der Waals surface area contributed by atoms with Crippen LogP contribution < -0.4 is 10.6 Å². The highest BCUT2D eigenvalue weighted by Crippen LogP contribution is 1.84. The van der Waals surface area contributed by atoms with Gasteiger partial charge in [-0.1, -0.05) is 6.92 Å². The minimum Gasteiger partial charge on any atom is -0.375 e. The van der Waals surface area contributed by atoms with Crippen LogP contribution in [0.3, 0.4) is 0 Å². The Morgan fingerprint density at radius 1 is 1.14 bits per heavy atom. The van der Waals surface area contributed by atoms with Gasteiger partial charge in [-0.15, -0.1) is 0 Å². The number of ether oxygens (including phenoxy) is 1. The topological polar surface area (TPSA) is 67.4 Å². The lowest BCUT2D eigenvalue weighted by Crippen LogP contribution is -2.35. The molecule has 0 aliphatic heterocycles. The fourth-order valence-electron chi connectivity index (χ4n) is 0.901. The van der Waals surface area contributed by atoms with Gasteiger partial charge in [0.1, 0.15) is 6.61 Å². The van der Waals surface area contributed by atoms with E-state index in [1.165, 1.54) is 7.11 Å². The van der Waals surface area contributed by atoms with E-state index in [0.717, 1.165) is 6.42 Å². The van der Waals surface area contributed by atoms with Crippen LogP contribution >= 0.6 is 0 Å². The van der Waals surface area contributed by atoms with Gasteiger partial charge in [0.2, 0.25) is 11.8 Å². The molecule has 5 nitrogen and oxygen atoms in total. The molecule has 82 valence electrons. The summed E-state index contributed by atoms with van der Waals surface area (Å²) in [7, 11) is 1.46. The van der Waals surface area contributed by atoms with E-state index in [1.54, 1.807) is 0 Å². The molecule has 0 radical (unpaired) electrons. The lowest BCUT2D eigenvalue weighted by molar-refractivity contribution is -0.125. The van der Waals surface area contributed by atoms with E-state index in [4.69, 9.17) is 0 Å². The van der Waals surface area contributed by atoms with Crippen LogP contribution in [0, 0.1) is 0 Å². The average Bonchev–Trinajstić information content (AvgIpc) is 2.13. The van der Waals surface area contributed by atoms with Gasteiger partial charge in [0.25, 0.3) is 0 Å². The molecule has 0 aromatic heterocycles. The van der Waals surface area contributed by atoms with Crippen LogP contribution in [0.1, 0.15) is 19.8 Å². The van der Waals surface area contributed by atoms with E-state index in [-0.39, 0.29) is 18.4 Å². The molecule has 0 rings (SSSR count). The van der Waals surface area contributed by atoms with Crippen LogP contribution in [0.4, 0.5) is 0 Å². The minimum absolute atomic E-state index is 0.0218. The number of hydrogen-bond donors (Lipinski definition) is 2. The Hall–Kier alpha value is -1.10. The fraction of sp³-hybridized carbons (Fsp3) is 0.778. The zero-order valence-corrected chi connectivity index (χ0v) is 8.76. The standard InChI is InChI=1S/C9H18N2O3/c1-3-4-8(12)10-5-6-11-9(13)7-14-2/h3-7H2,1-2H3,(H,10,12)(H,11,13). The van der Waals surface area contributed by atoms with Crippen LogP contribution in [-0.2, 0) is 14.3 Å². The lowest BCUT2D eigenvalue weighted by atomic mass is 10.3. The van der Waals surface area contributed by atoms with Gasteiger partial charge >= 0.3 is 0 Å². The van der Waals surface area contributed by atoms with Gasteiger partial charge in [0, 0.05) is 26.6 Å². The first kappa shape index (κ1) is 12.9. The molecule has 0 saturated heterocycles. The van der Waals surface area contributed by atoms with Gasteiger partial charge in [-0.05, 0) is 6.42 Å². The van der Waals surface area contributed by atoms with Crippen molar-refractivity contribution < 1.29 is 14.3 Å². The summed E-state index contributed by atoms with van der Waals surface area (Å²) in [5, 5.41) is 5.29. The number of rotatable bonds is 7. The first-order valence-corrected chi connectivity index (χ1v) is 4.73. The van der Waals surface area contributed by atoms with Crippen LogP contribution in [0.5, 0.6) is 0 Å². The van der Waals surface area contributed by atoms with Crippen molar-refractivity contribution in [2.24, 2.45) is 0 Å². The Balaban J connectivity index is 3.28. The first-order valence-electron chi connectivity index (χ1n) is 4.73. The Morgan fingerprint density at radius 3 is 2.21 bits per heavy atom. The summed E-state index contributed by atoms with van der Waals surface area (Å²) in [5.74, 6) is -0.147. The highest BCUT2D eigenvalue weighted by atomic mass is 16.5. The predicted octanol–water partition coefficient (Wildman–Crippen LogP) is -0.335. The highest BCUT2D eigenvalue weighted by molar-refractivity contribution is 5.77. The molecule has 0 atom stereocenters. The van der Waals surface area contributed by atoms with Crippen LogP contribution in [0.25, 0.3) is 0 Å². The molecule has 0 unspecified atom stereocenters. The second-order valence-electron chi connectivity index (χ2n) is 2.88. The van der Waals surface area contributed by atoms with Crippen molar-refractivity contribution in [3.63, 3.8) is 0 Å². The number of carbonyl (C=O) groups excluding carboxylic acids is 2. The van der Waals surface area contributed by atoms with Gasteiger partial charge < -0.3 is 15.4 Å². The van der Waals surface area contributed by atoms with E-state index in [9.17, 15) is 9.59 Å². The summed E-state index contributed by atoms with van der Waals surface area (Å²) in [6.07, 6.45) is 1.37. The number of methoxy groups -OCH3 is 1. The van der Waals surface area contributed by atoms with E-state index >= 15 is 0 Å². The number of carbonyl (C=O) groups is 2. The summed E-state index contributed by atoms with van der Waals surface area (Å²) < 4.78 is 4.62. The second-order valence-corrected chi connectivity index (χ2v) is 2.88. The van der Waals surface area contributed by atoms with E-state index < -0.39 is 0 Å². The van der Waals surface area contributed by atoms with Gasteiger partial charge in [-0.2, -0.15) is 0 Å². The maximum absolute atomic E-state index is 11.0. The highest BCUT2D eigenvalue weighted by Gasteiger charge is 2.00. The SMILES string of the molecule is CCCC(=O)NCCNC(=O)COC. The van der Waals surface area contributed by atoms with E-state index in [0.29, 0.717) is 19.5 Å². The molecule has 2 amide bonds. The van der Waals surface area contributed by atoms with E-state index in [2.05, 4.69) is 15.4 Å². The van der Waals surface area contributed by atoms with E-state index in [1.807, 2.05) is 6.92 Å². The van der Waals surface area contributed by atoms with Crippen molar-refractivity contribution in [3.8, 4) is 0 Å². The summed E-state index contributed by atoms with van der Waals surface area (Å²) >= 11 is 0. The van der Waals surface area contributed by atoms with Gasteiger partial charge in [0.15, 0.2) is 0 Å². The van der Waals surface area contributed by atoms with Crippen molar-refractivity contribution in [3.05, 3.63) is 0 Å². The molecule has 0 aromatic carbocycles. The van der Waals surface area contributed by atoms with Crippen LogP contribution in [0.15, 0.2) is 0 Å². The molecule has 14 heavy (non-hydrogen) atoms. The Morgan fingerprint density at radius 2 is 1.71 bits per heavy atom. The summed E-state index contributed by atoms with van der Waals surface area (Å²) in [4.78, 5) is 21.8. The molecule has 0 saturated carbocycles. The molecule has 0 spiro atoms. The normalized spacial score (nSPS) is 9.57. The molecule has 2 N–H and O–H groups in total. The Kier molecular flexibility index (Phi) is 7.83. The molecule has 0 aliphatic rings. The number of amides is 2. The lowest BCUT2D eigenvalue weighted by Gasteiger charge is -2.05. The summed E-state index contributed by atoms with van der Waals surface area (Å²) in [6, 6.07) is 0. The van der Waals surface area contributed by atoms with Crippen molar-refractivity contribution in [2.75, 3.05) is 26.8 Å². The molecule has 0 aliphatic carbocycles. The maximum atomic E-state index is 11.0. The van der Waals surface area contributed by atoms with Crippen LogP contribution in [-0.4, -0.2) is 38.6 Å². The molecule has 0 bridgehead atoms. The smallest absolute Gasteiger partial charge is 0.246 e. The third kappa shape index (κ3) is 7.54. The maximum Gasteiger partial charge on any atom is 0.246 e. The zero-order valence-electron chi connectivity index (χ0n) is 8.76. The molecular formula is C9H18N2O3. The third-order valence-corrected chi connectivity index (χ3v) is 1.52. The largest absolute Gasteiger partial charge is 0.375 e. The Bertz CT molecular complexity index is 163. The van der Waals surface area contributed by atoms with Crippen molar-refractivity contribution in [2.45, 2.75) is 19.8 Å². The molecule has 5 heteroatoms. The van der Waals surface area contributed by atoms with Gasteiger partial charge in [0.05, 0.1) is 0 Å². The zero-order chi connectivity index (χ0) is 10.8. The van der Waals surface area contributed by atoms with Crippen molar-refractivity contribution in [1.82, 2.24) is 10.6 Å². The number of hydrogen-bond acceptors (Lipinski definition) is 3. The quantitative estimate of drug-likeness (QED) is 0.555. The molecule has 0 fully saturated rings. The van der Waals surface area contributed by atoms with Gasteiger partial charge in [-0.3, -0.25) is 9.59 Å². The number of nitrogens with one attached hydrogen (secondary N) is 2. The Labute approximate surface area is 84.2 Å². The molecule has 0 aromatic rings. The molecule has 0 heterocycles.